The number of amides is 1. The number of carbonyl (C=O) groups is 1. The Bertz CT molecular complexity index is 975. The van der Waals surface area contributed by atoms with E-state index >= 15 is 0 Å². The number of rotatable bonds is 5. The third kappa shape index (κ3) is 4.26. The Morgan fingerprint density at radius 2 is 1.83 bits per heavy atom. The van der Waals surface area contributed by atoms with Crippen LogP contribution in [0, 0.1) is 0 Å². The van der Waals surface area contributed by atoms with Gasteiger partial charge in [-0.05, 0) is 18.2 Å². The lowest BCUT2D eigenvalue weighted by Gasteiger charge is -2.35. The molecule has 148 valence electrons. The van der Waals surface area contributed by atoms with Gasteiger partial charge in [-0.2, -0.15) is 0 Å². The van der Waals surface area contributed by atoms with E-state index in [0.717, 1.165) is 5.82 Å². The molecule has 0 aliphatic carbocycles. The highest BCUT2D eigenvalue weighted by atomic mass is 16.5. The maximum atomic E-state index is 13.1. The predicted molar refractivity (Wildman–Crippen MR) is 107 cm³/mol. The summed E-state index contributed by atoms with van der Waals surface area (Å²) in [6.07, 6.45) is 4.66. The molecule has 1 saturated heterocycles. The zero-order valence-corrected chi connectivity index (χ0v) is 16.1. The number of carbonyl (C=O) groups excluding carboxylic acids is 1. The zero-order chi connectivity index (χ0) is 20.1. The minimum Gasteiger partial charge on any atom is -0.481 e. The summed E-state index contributed by atoms with van der Waals surface area (Å²) in [6, 6.07) is 12.9. The van der Waals surface area contributed by atoms with E-state index in [9.17, 15) is 4.79 Å². The van der Waals surface area contributed by atoms with Gasteiger partial charge >= 0.3 is 0 Å². The highest BCUT2D eigenvalue weighted by molar-refractivity contribution is 5.96. The van der Waals surface area contributed by atoms with Gasteiger partial charge < -0.3 is 19.3 Å². The normalized spacial score (nSPS) is 13.8. The van der Waals surface area contributed by atoms with Gasteiger partial charge in [0.15, 0.2) is 0 Å². The molecule has 1 fully saturated rings. The molecule has 3 aromatic rings. The molecule has 4 rings (SSSR count). The van der Waals surface area contributed by atoms with Crippen LogP contribution in [0.15, 0.2) is 61.2 Å². The quantitative estimate of drug-likeness (QED) is 0.661. The van der Waals surface area contributed by atoms with Crippen molar-refractivity contribution in [2.45, 2.75) is 0 Å². The number of nitrogens with zero attached hydrogens (tertiary/aromatic N) is 5. The van der Waals surface area contributed by atoms with Gasteiger partial charge in [-0.1, -0.05) is 18.2 Å². The van der Waals surface area contributed by atoms with Crippen LogP contribution in [-0.2, 0) is 0 Å². The van der Waals surface area contributed by atoms with Crippen molar-refractivity contribution in [3.63, 3.8) is 0 Å². The van der Waals surface area contributed by atoms with Crippen LogP contribution in [0.3, 0.4) is 0 Å². The third-order valence-electron chi connectivity index (χ3n) is 4.71. The average molecular weight is 391 g/mol. The standard InChI is InChI=1S/C21H21N5O3/c1-28-20-13-19(23-15-24-20)25-9-11-26(12-10-25)21(27)17-14-22-8-7-18(17)29-16-5-3-2-4-6-16/h2-8,13-15H,9-12H2,1H3. The summed E-state index contributed by atoms with van der Waals surface area (Å²) in [6.45, 7) is 2.48. The van der Waals surface area contributed by atoms with Crippen molar-refractivity contribution in [1.82, 2.24) is 19.9 Å². The van der Waals surface area contributed by atoms with Gasteiger partial charge in [-0.3, -0.25) is 9.78 Å². The lowest BCUT2D eigenvalue weighted by Crippen LogP contribution is -2.49. The monoisotopic (exact) mass is 391 g/mol. The first-order valence-electron chi connectivity index (χ1n) is 9.32. The number of para-hydroxylation sites is 1. The second kappa shape index (κ2) is 8.55. The van der Waals surface area contributed by atoms with Crippen LogP contribution in [0.25, 0.3) is 0 Å². The van der Waals surface area contributed by atoms with Crippen molar-refractivity contribution in [2.75, 3.05) is 38.2 Å². The van der Waals surface area contributed by atoms with Gasteiger partial charge in [0.25, 0.3) is 5.91 Å². The molecule has 0 spiro atoms. The Morgan fingerprint density at radius 3 is 2.59 bits per heavy atom. The zero-order valence-electron chi connectivity index (χ0n) is 16.1. The molecule has 0 atom stereocenters. The molecule has 1 aliphatic heterocycles. The number of hydrogen-bond acceptors (Lipinski definition) is 7. The van der Waals surface area contributed by atoms with Crippen LogP contribution in [0.4, 0.5) is 5.82 Å². The van der Waals surface area contributed by atoms with Crippen molar-refractivity contribution in [3.05, 3.63) is 66.7 Å². The molecule has 2 aromatic heterocycles. The number of pyridine rings is 1. The molecule has 1 aliphatic rings. The Morgan fingerprint density at radius 1 is 1.03 bits per heavy atom. The molecule has 0 saturated carbocycles. The Balaban J connectivity index is 1.45. The van der Waals surface area contributed by atoms with E-state index in [0.29, 0.717) is 49.1 Å². The highest BCUT2D eigenvalue weighted by Crippen LogP contribution is 2.26. The van der Waals surface area contributed by atoms with Crippen molar-refractivity contribution < 1.29 is 14.3 Å². The number of ether oxygens (including phenoxy) is 2. The van der Waals surface area contributed by atoms with Gasteiger partial charge in [-0.25, -0.2) is 9.97 Å². The maximum absolute atomic E-state index is 13.1. The van der Waals surface area contributed by atoms with Gasteiger partial charge in [0.1, 0.15) is 29.2 Å². The van der Waals surface area contributed by atoms with E-state index in [4.69, 9.17) is 9.47 Å². The molecule has 8 heteroatoms. The van der Waals surface area contributed by atoms with Crippen molar-refractivity contribution in [3.8, 4) is 17.4 Å². The summed E-state index contributed by atoms with van der Waals surface area (Å²) in [5.41, 5.74) is 0.452. The summed E-state index contributed by atoms with van der Waals surface area (Å²) in [7, 11) is 1.58. The van der Waals surface area contributed by atoms with Gasteiger partial charge in [-0.15, -0.1) is 0 Å². The van der Waals surface area contributed by atoms with Crippen molar-refractivity contribution >= 4 is 11.7 Å². The minimum atomic E-state index is -0.0936. The number of anilines is 1. The van der Waals surface area contributed by atoms with Crippen LogP contribution < -0.4 is 14.4 Å². The molecule has 3 heterocycles. The van der Waals surface area contributed by atoms with E-state index in [1.807, 2.05) is 35.2 Å². The van der Waals surface area contributed by atoms with E-state index in [-0.39, 0.29) is 5.91 Å². The molecular formula is C21H21N5O3. The SMILES string of the molecule is COc1cc(N2CCN(C(=O)c3cnccc3Oc3ccccc3)CC2)ncn1. The molecule has 0 N–H and O–H groups in total. The highest BCUT2D eigenvalue weighted by Gasteiger charge is 2.25. The topological polar surface area (TPSA) is 80.7 Å². The number of benzene rings is 1. The summed E-state index contributed by atoms with van der Waals surface area (Å²) in [5, 5.41) is 0. The molecular weight excluding hydrogens is 370 g/mol. The Hall–Kier alpha value is -3.68. The fourth-order valence-corrected chi connectivity index (χ4v) is 3.17. The van der Waals surface area contributed by atoms with Gasteiger partial charge in [0.2, 0.25) is 5.88 Å². The minimum absolute atomic E-state index is 0.0936. The van der Waals surface area contributed by atoms with E-state index in [2.05, 4.69) is 19.9 Å². The smallest absolute Gasteiger partial charge is 0.259 e. The fourth-order valence-electron chi connectivity index (χ4n) is 3.17. The molecule has 0 bridgehead atoms. The van der Waals surface area contributed by atoms with Crippen molar-refractivity contribution in [2.24, 2.45) is 0 Å². The second-order valence-electron chi connectivity index (χ2n) is 6.48. The molecule has 0 unspecified atom stereocenters. The number of aromatic nitrogens is 3. The van der Waals surface area contributed by atoms with Gasteiger partial charge in [0.05, 0.1) is 7.11 Å². The summed E-state index contributed by atoms with van der Waals surface area (Å²) < 4.78 is 11.1. The van der Waals surface area contributed by atoms with Crippen LogP contribution in [0.2, 0.25) is 0 Å². The lowest BCUT2D eigenvalue weighted by molar-refractivity contribution is 0.0743. The summed E-state index contributed by atoms with van der Waals surface area (Å²) >= 11 is 0. The summed E-state index contributed by atoms with van der Waals surface area (Å²) in [4.78, 5) is 29.5. The molecule has 8 nitrogen and oxygen atoms in total. The van der Waals surface area contributed by atoms with Crippen LogP contribution in [-0.4, -0.2) is 59.0 Å². The predicted octanol–water partition coefficient (Wildman–Crippen LogP) is 2.63. The average Bonchev–Trinajstić information content (AvgIpc) is 2.80. The Kier molecular flexibility index (Phi) is 5.51. The number of methoxy groups -OCH3 is 1. The van der Waals surface area contributed by atoms with E-state index in [1.54, 1.807) is 31.6 Å². The first kappa shape index (κ1) is 18.7. The first-order chi connectivity index (χ1) is 14.2. The second-order valence-corrected chi connectivity index (χ2v) is 6.48. The summed E-state index contributed by atoms with van der Waals surface area (Å²) in [5.74, 6) is 2.39. The van der Waals surface area contributed by atoms with Gasteiger partial charge in [0, 0.05) is 44.6 Å². The lowest BCUT2D eigenvalue weighted by atomic mass is 10.2. The van der Waals surface area contributed by atoms with Crippen LogP contribution >= 0.6 is 0 Å². The Labute approximate surface area is 168 Å². The maximum Gasteiger partial charge on any atom is 0.259 e. The fraction of sp³-hybridized carbons (Fsp3) is 0.238. The van der Waals surface area contributed by atoms with Crippen LogP contribution in [0.5, 0.6) is 17.4 Å². The van der Waals surface area contributed by atoms with Crippen molar-refractivity contribution in [1.29, 1.82) is 0 Å². The number of hydrogen-bond donors (Lipinski definition) is 0. The molecule has 0 radical (unpaired) electrons. The largest absolute Gasteiger partial charge is 0.481 e. The molecule has 29 heavy (non-hydrogen) atoms. The third-order valence-corrected chi connectivity index (χ3v) is 4.71. The first-order valence-corrected chi connectivity index (χ1v) is 9.32. The number of piperazine rings is 1. The van der Waals surface area contributed by atoms with E-state index < -0.39 is 0 Å². The molecule has 1 aromatic carbocycles. The van der Waals surface area contributed by atoms with Crippen LogP contribution in [0.1, 0.15) is 10.4 Å². The molecule has 1 amide bonds. The van der Waals surface area contributed by atoms with E-state index in [1.165, 1.54) is 6.33 Å².